The Morgan fingerprint density at radius 2 is 2.32 bits per heavy atom. The van der Waals surface area contributed by atoms with Gasteiger partial charge in [-0.15, -0.1) is 0 Å². The van der Waals surface area contributed by atoms with Crippen molar-refractivity contribution in [1.29, 1.82) is 0 Å². The molecular formula is C14H19NO4. The molecule has 0 aliphatic carbocycles. The first-order valence-electron chi connectivity index (χ1n) is 6.41. The van der Waals surface area contributed by atoms with E-state index in [9.17, 15) is 9.90 Å². The maximum atomic E-state index is 11.0. The number of piperidine rings is 1. The molecule has 1 aliphatic heterocycles. The van der Waals surface area contributed by atoms with Gasteiger partial charge >= 0.3 is 5.97 Å². The minimum Gasteiger partial charge on any atom is -0.507 e. The lowest BCUT2D eigenvalue weighted by molar-refractivity contribution is -0.143. The van der Waals surface area contributed by atoms with Crippen molar-refractivity contribution in [1.82, 2.24) is 4.90 Å². The minimum atomic E-state index is -0.733. The van der Waals surface area contributed by atoms with Crippen molar-refractivity contribution in [3.8, 4) is 11.5 Å². The first-order valence-corrected chi connectivity index (χ1v) is 6.41. The van der Waals surface area contributed by atoms with Crippen LogP contribution in [0.1, 0.15) is 18.4 Å². The van der Waals surface area contributed by atoms with E-state index in [2.05, 4.69) is 4.90 Å². The molecule has 0 saturated carbocycles. The Hall–Kier alpha value is -1.75. The standard InChI is InChI=1S/C14H19NO4/c1-19-12-5-4-10(13(16)7-12)8-15-6-2-3-11(9-15)14(17)18/h4-5,7,11,16H,2-3,6,8-9H2,1H3,(H,17,18). The number of methoxy groups -OCH3 is 1. The van der Waals surface area contributed by atoms with Crippen LogP contribution in [-0.4, -0.2) is 41.3 Å². The summed E-state index contributed by atoms with van der Waals surface area (Å²) in [5.74, 6) is -0.224. The van der Waals surface area contributed by atoms with Crippen LogP contribution in [-0.2, 0) is 11.3 Å². The third-order valence-electron chi connectivity index (χ3n) is 3.54. The number of phenols is 1. The van der Waals surface area contributed by atoms with Crippen LogP contribution >= 0.6 is 0 Å². The summed E-state index contributed by atoms with van der Waals surface area (Å²) < 4.78 is 5.04. The Kier molecular flexibility index (Phi) is 4.27. The van der Waals surface area contributed by atoms with Gasteiger partial charge in [-0.3, -0.25) is 9.69 Å². The van der Waals surface area contributed by atoms with Gasteiger partial charge in [-0.2, -0.15) is 0 Å². The lowest BCUT2D eigenvalue weighted by Gasteiger charge is -2.30. The highest BCUT2D eigenvalue weighted by Crippen LogP contribution is 2.26. The molecule has 104 valence electrons. The molecule has 1 aliphatic rings. The molecule has 0 aromatic heterocycles. The zero-order valence-corrected chi connectivity index (χ0v) is 11.0. The zero-order chi connectivity index (χ0) is 13.8. The van der Waals surface area contributed by atoms with Crippen LogP contribution in [0.3, 0.4) is 0 Å². The number of rotatable bonds is 4. The quantitative estimate of drug-likeness (QED) is 0.867. The smallest absolute Gasteiger partial charge is 0.307 e. The maximum Gasteiger partial charge on any atom is 0.307 e. The van der Waals surface area contributed by atoms with E-state index in [-0.39, 0.29) is 11.7 Å². The molecule has 19 heavy (non-hydrogen) atoms. The number of likely N-dealkylation sites (tertiary alicyclic amines) is 1. The number of hydrogen-bond donors (Lipinski definition) is 2. The molecule has 2 N–H and O–H groups in total. The molecular weight excluding hydrogens is 246 g/mol. The van der Waals surface area contributed by atoms with Crippen molar-refractivity contribution in [2.24, 2.45) is 5.92 Å². The van der Waals surface area contributed by atoms with E-state index in [1.165, 1.54) is 0 Å². The number of aliphatic carboxylic acids is 1. The Bertz CT molecular complexity index is 461. The second-order valence-electron chi connectivity index (χ2n) is 4.91. The normalized spacial score (nSPS) is 20.2. The predicted octanol–water partition coefficient (Wildman–Crippen LogP) is 1.70. The molecule has 1 heterocycles. The Morgan fingerprint density at radius 3 is 2.95 bits per heavy atom. The van der Waals surface area contributed by atoms with Crippen molar-refractivity contribution >= 4 is 5.97 Å². The molecule has 0 bridgehead atoms. The van der Waals surface area contributed by atoms with Gasteiger partial charge in [0.1, 0.15) is 11.5 Å². The highest BCUT2D eigenvalue weighted by atomic mass is 16.5. The van der Waals surface area contributed by atoms with E-state index in [1.54, 1.807) is 19.2 Å². The monoisotopic (exact) mass is 265 g/mol. The number of hydrogen-bond acceptors (Lipinski definition) is 4. The van der Waals surface area contributed by atoms with Gasteiger partial charge in [-0.05, 0) is 25.5 Å². The minimum absolute atomic E-state index is 0.191. The maximum absolute atomic E-state index is 11.0. The molecule has 1 atom stereocenters. The van der Waals surface area contributed by atoms with Gasteiger partial charge in [0.25, 0.3) is 0 Å². The molecule has 1 aromatic carbocycles. The van der Waals surface area contributed by atoms with E-state index in [0.29, 0.717) is 18.8 Å². The van der Waals surface area contributed by atoms with Gasteiger partial charge in [-0.25, -0.2) is 0 Å². The number of phenolic OH excluding ortho intramolecular Hbond substituents is 1. The fourth-order valence-electron chi connectivity index (χ4n) is 2.45. The highest BCUT2D eigenvalue weighted by Gasteiger charge is 2.25. The van der Waals surface area contributed by atoms with Crippen molar-refractivity contribution in [3.63, 3.8) is 0 Å². The molecule has 0 spiro atoms. The number of benzene rings is 1. The van der Waals surface area contributed by atoms with Gasteiger partial charge in [0.2, 0.25) is 0 Å². The van der Waals surface area contributed by atoms with Crippen LogP contribution in [0.5, 0.6) is 11.5 Å². The average Bonchev–Trinajstić information content (AvgIpc) is 2.41. The van der Waals surface area contributed by atoms with Gasteiger partial charge in [0, 0.05) is 24.7 Å². The van der Waals surface area contributed by atoms with E-state index < -0.39 is 5.97 Å². The summed E-state index contributed by atoms with van der Waals surface area (Å²) in [6.45, 7) is 1.98. The van der Waals surface area contributed by atoms with E-state index >= 15 is 0 Å². The summed E-state index contributed by atoms with van der Waals surface area (Å²) in [7, 11) is 1.55. The van der Waals surface area contributed by atoms with Crippen molar-refractivity contribution in [2.45, 2.75) is 19.4 Å². The van der Waals surface area contributed by atoms with Gasteiger partial charge in [-0.1, -0.05) is 6.07 Å². The fraction of sp³-hybridized carbons (Fsp3) is 0.500. The second-order valence-corrected chi connectivity index (χ2v) is 4.91. The summed E-state index contributed by atoms with van der Waals surface area (Å²) in [6.07, 6.45) is 1.62. The Morgan fingerprint density at radius 1 is 1.53 bits per heavy atom. The molecule has 1 fully saturated rings. The Balaban J connectivity index is 2.02. The van der Waals surface area contributed by atoms with Crippen LogP contribution in [0.25, 0.3) is 0 Å². The Labute approximate surface area is 112 Å². The molecule has 5 nitrogen and oxygen atoms in total. The fourth-order valence-corrected chi connectivity index (χ4v) is 2.45. The number of nitrogens with zero attached hydrogens (tertiary/aromatic N) is 1. The first kappa shape index (κ1) is 13.7. The first-order chi connectivity index (χ1) is 9.10. The van der Waals surface area contributed by atoms with Crippen molar-refractivity contribution < 1.29 is 19.7 Å². The summed E-state index contributed by atoms with van der Waals surface area (Å²) in [5, 5.41) is 19.0. The largest absolute Gasteiger partial charge is 0.507 e. The molecule has 1 saturated heterocycles. The molecule has 2 rings (SSSR count). The molecule has 1 unspecified atom stereocenters. The number of carboxylic acids is 1. The summed E-state index contributed by atoms with van der Waals surface area (Å²) in [4.78, 5) is 13.1. The zero-order valence-electron chi connectivity index (χ0n) is 11.0. The van der Waals surface area contributed by atoms with Crippen LogP contribution < -0.4 is 4.74 Å². The van der Waals surface area contributed by atoms with Crippen molar-refractivity contribution in [2.75, 3.05) is 20.2 Å². The number of carbonyl (C=O) groups is 1. The average molecular weight is 265 g/mol. The van der Waals surface area contributed by atoms with E-state index in [4.69, 9.17) is 9.84 Å². The predicted molar refractivity (Wildman–Crippen MR) is 70.3 cm³/mol. The van der Waals surface area contributed by atoms with Gasteiger partial charge in [0.05, 0.1) is 13.0 Å². The summed E-state index contributed by atoms with van der Waals surface area (Å²) in [6, 6.07) is 5.19. The van der Waals surface area contributed by atoms with Crippen LogP contribution in [0.2, 0.25) is 0 Å². The van der Waals surface area contributed by atoms with Crippen LogP contribution in [0.4, 0.5) is 0 Å². The topological polar surface area (TPSA) is 70.0 Å². The third kappa shape index (κ3) is 3.38. The lowest BCUT2D eigenvalue weighted by Crippen LogP contribution is -2.38. The highest BCUT2D eigenvalue weighted by molar-refractivity contribution is 5.70. The molecule has 5 heteroatoms. The molecule has 0 amide bonds. The summed E-state index contributed by atoms with van der Waals surface area (Å²) >= 11 is 0. The van der Waals surface area contributed by atoms with Gasteiger partial charge < -0.3 is 14.9 Å². The van der Waals surface area contributed by atoms with Gasteiger partial charge in [0.15, 0.2) is 0 Å². The molecule has 0 radical (unpaired) electrons. The lowest BCUT2D eigenvalue weighted by atomic mass is 9.98. The van der Waals surface area contributed by atoms with E-state index in [1.807, 2.05) is 6.07 Å². The summed E-state index contributed by atoms with van der Waals surface area (Å²) in [5.41, 5.74) is 0.798. The van der Waals surface area contributed by atoms with Crippen molar-refractivity contribution in [3.05, 3.63) is 23.8 Å². The second kappa shape index (κ2) is 5.93. The number of aromatic hydroxyl groups is 1. The SMILES string of the molecule is COc1ccc(CN2CCCC(C(=O)O)C2)c(O)c1. The number of ether oxygens (including phenoxy) is 1. The molecule has 1 aromatic rings. The third-order valence-corrected chi connectivity index (χ3v) is 3.54. The van der Waals surface area contributed by atoms with E-state index in [0.717, 1.165) is 24.9 Å². The number of carboxylic acid groups (broad SMARTS) is 1. The van der Waals surface area contributed by atoms with Crippen LogP contribution in [0.15, 0.2) is 18.2 Å². The van der Waals surface area contributed by atoms with Crippen LogP contribution in [0, 0.1) is 5.92 Å².